The van der Waals surface area contributed by atoms with Crippen LogP contribution in [0.3, 0.4) is 0 Å². The van der Waals surface area contributed by atoms with E-state index < -0.39 is 5.91 Å². The normalized spacial score (nSPS) is 16.1. The molecule has 0 aliphatic carbocycles. The highest BCUT2D eigenvalue weighted by Gasteiger charge is 2.30. The number of primary amides is 1. The molecule has 2 heterocycles. The molecule has 1 aliphatic rings. The topological polar surface area (TPSA) is 107 Å². The van der Waals surface area contributed by atoms with Crippen LogP contribution in [-0.2, 0) is 0 Å². The van der Waals surface area contributed by atoms with Crippen LogP contribution in [0, 0.1) is 0 Å². The third-order valence-electron chi connectivity index (χ3n) is 4.55. The SMILES string of the molecule is COc1cccc(C2CCCN2C(=O)Nc2cnc(OC)c(C(N)=O)c2)c1. The number of hydrogen-bond donors (Lipinski definition) is 2. The van der Waals surface area contributed by atoms with Crippen LogP contribution in [0.4, 0.5) is 10.5 Å². The van der Waals surface area contributed by atoms with E-state index in [9.17, 15) is 9.59 Å². The van der Waals surface area contributed by atoms with Crippen molar-refractivity contribution in [1.29, 1.82) is 0 Å². The summed E-state index contributed by atoms with van der Waals surface area (Å²) in [6.07, 6.45) is 3.20. The lowest BCUT2D eigenvalue weighted by Crippen LogP contribution is -2.34. The maximum absolute atomic E-state index is 12.8. The number of carbonyl (C=O) groups is 2. The van der Waals surface area contributed by atoms with Gasteiger partial charge >= 0.3 is 6.03 Å². The number of anilines is 1. The molecule has 142 valence electrons. The summed E-state index contributed by atoms with van der Waals surface area (Å²) in [4.78, 5) is 30.1. The third-order valence-corrected chi connectivity index (χ3v) is 4.55. The molecule has 1 aromatic carbocycles. The van der Waals surface area contributed by atoms with Gasteiger partial charge in [-0.25, -0.2) is 9.78 Å². The van der Waals surface area contributed by atoms with Gasteiger partial charge in [0.15, 0.2) is 0 Å². The molecule has 3 rings (SSSR count). The Bertz CT molecular complexity index is 855. The minimum Gasteiger partial charge on any atom is -0.497 e. The van der Waals surface area contributed by atoms with Crippen LogP contribution in [0.1, 0.15) is 34.8 Å². The number of nitrogens with one attached hydrogen (secondary N) is 1. The highest BCUT2D eigenvalue weighted by atomic mass is 16.5. The summed E-state index contributed by atoms with van der Waals surface area (Å²) in [7, 11) is 3.02. The number of carbonyl (C=O) groups excluding carboxylic acids is 2. The van der Waals surface area contributed by atoms with Gasteiger partial charge in [-0.1, -0.05) is 12.1 Å². The van der Waals surface area contributed by atoms with Crippen molar-refractivity contribution in [3.05, 3.63) is 47.7 Å². The van der Waals surface area contributed by atoms with Crippen LogP contribution < -0.4 is 20.5 Å². The molecule has 3 N–H and O–H groups in total. The Kier molecular flexibility index (Phi) is 5.44. The standard InChI is InChI=1S/C19H22N4O4/c1-26-14-6-3-5-12(9-14)16-7-4-8-23(16)19(25)22-13-10-15(17(20)24)18(27-2)21-11-13/h3,5-6,9-11,16H,4,7-8H2,1-2H3,(H2,20,24)(H,22,25). The van der Waals surface area contributed by atoms with Crippen molar-refractivity contribution in [2.24, 2.45) is 5.73 Å². The summed E-state index contributed by atoms with van der Waals surface area (Å²) in [5, 5.41) is 2.79. The van der Waals surface area contributed by atoms with Gasteiger partial charge in [-0.2, -0.15) is 0 Å². The quantitative estimate of drug-likeness (QED) is 0.841. The van der Waals surface area contributed by atoms with Crippen molar-refractivity contribution in [2.75, 3.05) is 26.1 Å². The van der Waals surface area contributed by atoms with E-state index in [1.165, 1.54) is 19.4 Å². The number of aromatic nitrogens is 1. The van der Waals surface area contributed by atoms with E-state index in [-0.39, 0.29) is 23.5 Å². The Labute approximate surface area is 157 Å². The second-order valence-electron chi connectivity index (χ2n) is 6.20. The van der Waals surface area contributed by atoms with Crippen LogP contribution >= 0.6 is 0 Å². The summed E-state index contributed by atoms with van der Waals surface area (Å²) in [5.41, 5.74) is 6.86. The lowest BCUT2D eigenvalue weighted by molar-refractivity contribution is 0.0996. The molecule has 0 saturated carbocycles. The smallest absolute Gasteiger partial charge is 0.322 e. The van der Waals surface area contributed by atoms with Crippen LogP contribution in [-0.4, -0.2) is 42.6 Å². The molecule has 1 saturated heterocycles. The minimum atomic E-state index is -0.675. The molecule has 0 bridgehead atoms. The highest BCUT2D eigenvalue weighted by Crippen LogP contribution is 2.34. The van der Waals surface area contributed by atoms with Gasteiger partial charge in [0.2, 0.25) is 5.88 Å². The number of pyridine rings is 1. The Morgan fingerprint density at radius 3 is 2.78 bits per heavy atom. The fraction of sp³-hybridized carbons (Fsp3) is 0.316. The number of amides is 3. The molecular weight excluding hydrogens is 348 g/mol. The number of methoxy groups -OCH3 is 2. The molecule has 8 nitrogen and oxygen atoms in total. The molecule has 1 fully saturated rings. The maximum atomic E-state index is 12.8. The average molecular weight is 370 g/mol. The Morgan fingerprint density at radius 1 is 1.26 bits per heavy atom. The van der Waals surface area contributed by atoms with Gasteiger partial charge in [-0.3, -0.25) is 4.79 Å². The van der Waals surface area contributed by atoms with E-state index in [0.29, 0.717) is 12.2 Å². The van der Waals surface area contributed by atoms with E-state index in [2.05, 4.69) is 10.3 Å². The lowest BCUT2D eigenvalue weighted by Gasteiger charge is -2.25. The number of likely N-dealkylation sites (tertiary alicyclic amines) is 1. The zero-order valence-electron chi connectivity index (χ0n) is 15.3. The van der Waals surface area contributed by atoms with Crippen LogP contribution in [0.25, 0.3) is 0 Å². The molecule has 8 heteroatoms. The van der Waals surface area contributed by atoms with Crippen LogP contribution in [0.5, 0.6) is 11.6 Å². The van der Waals surface area contributed by atoms with Crippen molar-refractivity contribution < 1.29 is 19.1 Å². The van der Waals surface area contributed by atoms with Crippen molar-refractivity contribution in [3.8, 4) is 11.6 Å². The Hall–Kier alpha value is -3.29. The summed E-state index contributed by atoms with van der Waals surface area (Å²) >= 11 is 0. The van der Waals surface area contributed by atoms with E-state index in [1.807, 2.05) is 24.3 Å². The zero-order chi connectivity index (χ0) is 19.4. The molecular formula is C19H22N4O4. The van der Waals surface area contributed by atoms with Gasteiger partial charge in [0.05, 0.1) is 32.1 Å². The molecule has 0 radical (unpaired) electrons. The second kappa shape index (κ2) is 7.94. The van der Waals surface area contributed by atoms with Crippen molar-refractivity contribution in [1.82, 2.24) is 9.88 Å². The largest absolute Gasteiger partial charge is 0.497 e. The first-order valence-corrected chi connectivity index (χ1v) is 8.59. The average Bonchev–Trinajstić information content (AvgIpc) is 3.18. The Morgan fingerprint density at radius 2 is 2.07 bits per heavy atom. The van der Waals surface area contributed by atoms with Crippen molar-refractivity contribution in [3.63, 3.8) is 0 Å². The maximum Gasteiger partial charge on any atom is 0.322 e. The van der Waals surface area contributed by atoms with Gasteiger partial charge in [0.25, 0.3) is 5.91 Å². The minimum absolute atomic E-state index is 0.0399. The number of hydrogen-bond acceptors (Lipinski definition) is 5. The zero-order valence-corrected chi connectivity index (χ0v) is 15.3. The fourth-order valence-electron chi connectivity index (χ4n) is 3.26. The molecule has 3 amide bonds. The summed E-state index contributed by atoms with van der Waals surface area (Å²) < 4.78 is 10.3. The molecule has 2 aromatic rings. The number of urea groups is 1. The first-order valence-electron chi connectivity index (χ1n) is 8.59. The van der Waals surface area contributed by atoms with Gasteiger partial charge in [-0.15, -0.1) is 0 Å². The van der Waals surface area contributed by atoms with Crippen molar-refractivity contribution in [2.45, 2.75) is 18.9 Å². The first-order chi connectivity index (χ1) is 13.0. The number of ether oxygens (including phenoxy) is 2. The number of nitrogens with zero attached hydrogens (tertiary/aromatic N) is 2. The van der Waals surface area contributed by atoms with E-state index in [4.69, 9.17) is 15.2 Å². The van der Waals surface area contributed by atoms with Gasteiger partial charge < -0.3 is 25.4 Å². The molecule has 1 unspecified atom stereocenters. The van der Waals surface area contributed by atoms with Crippen molar-refractivity contribution >= 4 is 17.6 Å². The van der Waals surface area contributed by atoms with Gasteiger partial charge in [0, 0.05) is 6.54 Å². The lowest BCUT2D eigenvalue weighted by atomic mass is 10.0. The monoisotopic (exact) mass is 370 g/mol. The predicted molar refractivity (Wildman–Crippen MR) is 100 cm³/mol. The summed E-state index contributed by atoms with van der Waals surface area (Å²) in [6.45, 7) is 0.639. The fourth-order valence-corrected chi connectivity index (χ4v) is 3.26. The predicted octanol–water partition coefficient (Wildman–Crippen LogP) is 2.57. The number of rotatable bonds is 5. The summed E-state index contributed by atoms with van der Waals surface area (Å²) in [6, 6.07) is 8.87. The third kappa shape index (κ3) is 3.94. The number of nitrogens with two attached hydrogens (primary N) is 1. The molecule has 0 spiro atoms. The first kappa shape index (κ1) is 18.5. The van der Waals surface area contributed by atoms with E-state index in [0.717, 1.165) is 24.2 Å². The van der Waals surface area contributed by atoms with Crippen LogP contribution in [0.2, 0.25) is 0 Å². The number of benzene rings is 1. The highest BCUT2D eigenvalue weighted by molar-refractivity contribution is 5.97. The Balaban J connectivity index is 1.79. The van der Waals surface area contributed by atoms with Gasteiger partial charge in [-0.05, 0) is 36.6 Å². The second-order valence-corrected chi connectivity index (χ2v) is 6.20. The molecule has 1 atom stereocenters. The van der Waals surface area contributed by atoms with E-state index in [1.54, 1.807) is 12.0 Å². The molecule has 1 aliphatic heterocycles. The van der Waals surface area contributed by atoms with Gasteiger partial charge in [0.1, 0.15) is 11.3 Å². The van der Waals surface area contributed by atoms with Crippen LogP contribution in [0.15, 0.2) is 36.5 Å². The molecule has 1 aromatic heterocycles. The summed E-state index contributed by atoms with van der Waals surface area (Å²) in [5.74, 6) is 0.201. The molecule has 27 heavy (non-hydrogen) atoms. The van der Waals surface area contributed by atoms with E-state index >= 15 is 0 Å².